The molecule has 2 aromatic carbocycles. The summed E-state index contributed by atoms with van der Waals surface area (Å²) in [6.45, 7) is 11.8. The Kier molecular flexibility index (Phi) is 3.23. The summed E-state index contributed by atoms with van der Waals surface area (Å²) in [7, 11) is 2.08. The third-order valence-corrected chi connectivity index (χ3v) is 5.54. The fourth-order valence-corrected chi connectivity index (χ4v) is 4.25. The van der Waals surface area contributed by atoms with Crippen LogP contribution in [0.4, 0.5) is 0 Å². The van der Waals surface area contributed by atoms with Gasteiger partial charge in [-0.05, 0) is 48.4 Å². The van der Waals surface area contributed by atoms with Gasteiger partial charge >= 0.3 is 0 Å². The maximum absolute atomic E-state index is 7.21. The fraction of sp³-hybridized carbons (Fsp3) is 0.174. The number of aryl methyl sites for hydroxylation is 3. The van der Waals surface area contributed by atoms with Gasteiger partial charge in [0.1, 0.15) is 18.5 Å². The summed E-state index contributed by atoms with van der Waals surface area (Å²) in [6, 6.07) is 8.28. The molecular formula is C23H18N3O+. The van der Waals surface area contributed by atoms with Crippen molar-refractivity contribution < 1.29 is 9.30 Å². The van der Waals surface area contributed by atoms with E-state index >= 15 is 0 Å². The molecule has 3 heterocycles. The number of ether oxygens (including phenoxy) is 1. The Bertz CT molecular complexity index is 1320. The van der Waals surface area contributed by atoms with Gasteiger partial charge in [0.2, 0.25) is 12.2 Å². The van der Waals surface area contributed by atoms with Crippen molar-refractivity contribution in [3.8, 4) is 22.8 Å². The van der Waals surface area contributed by atoms with Gasteiger partial charge in [0, 0.05) is 35.0 Å². The Hall–Kier alpha value is -3.45. The van der Waals surface area contributed by atoms with Crippen LogP contribution in [0.15, 0.2) is 42.9 Å². The number of aromatic nitrogens is 2. The topological polar surface area (TPSA) is 30.4 Å². The molecule has 1 aliphatic rings. The zero-order valence-corrected chi connectivity index (χ0v) is 15.5. The van der Waals surface area contributed by atoms with Crippen molar-refractivity contribution >= 4 is 21.5 Å². The highest BCUT2D eigenvalue weighted by atomic mass is 16.5. The molecule has 4 aromatic rings. The van der Waals surface area contributed by atoms with Crippen molar-refractivity contribution in [3.63, 3.8) is 0 Å². The molecule has 0 aliphatic carbocycles. The molecule has 0 amide bonds. The number of hydrogen-bond acceptors (Lipinski definition) is 2. The first-order valence-corrected chi connectivity index (χ1v) is 8.93. The molecule has 0 atom stereocenters. The first-order chi connectivity index (χ1) is 13.1. The summed E-state index contributed by atoms with van der Waals surface area (Å²) < 4.78 is 8.64. The van der Waals surface area contributed by atoms with Gasteiger partial charge in [-0.1, -0.05) is 0 Å². The Morgan fingerprint density at radius 1 is 1.15 bits per heavy atom. The van der Waals surface area contributed by atoms with Crippen LogP contribution in [0.25, 0.3) is 37.6 Å². The van der Waals surface area contributed by atoms with Gasteiger partial charge in [0.05, 0.1) is 10.9 Å². The summed E-state index contributed by atoms with van der Waals surface area (Å²) in [5.74, 6) is 1.72. The molecule has 1 aliphatic heterocycles. The highest BCUT2D eigenvalue weighted by Gasteiger charge is 2.32. The number of pyridine rings is 2. The van der Waals surface area contributed by atoms with E-state index in [1.807, 2.05) is 18.5 Å². The van der Waals surface area contributed by atoms with Gasteiger partial charge in [-0.2, -0.15) is 0 Å². The molecule has 0 N–H and O–H groups in total. The van der Waals surface area contributed by atoms with Crippen molar-refractivity contribution in [2.24, 2.45) is 7.05 Å². The number of hydrogen-bond donors (Lipinski definition) is 0. The molecule has 4 nitrogen and oxygen atoms in total. The third-order valence-electron chi connectivity index (χ3n) is 5.54. The lowest BCUT2D eigenvalue weighted by atomic mass is 9.89. The van der Waals surface area contributed by atoms with E-state index in [4.69, 9.17) is 11.3 Å². The first kappa shape index (κ1) is 15.8. The molecule has 0 fully saturated rings. The Morgan fingerprint density at radius 3 is 2.81 bits per heavy atom. The van der Waals surface area contributed by atoms with Crippen LogP contribution in [0, 0.1) is 20.4 Å². The second kappa shape index (κ2) is 5.52. The van der Waals surface area contributed by atoms with Crippen LogP contribution < -0.4 is 9.30 Å². The summed E-state index contributed by atoms with van der Waals surface area (Å²) in [5, 5.41) is 4.54. The maximum atomic E-state index is 7.21. The molecule has 5 rings (SSSR count). The predicted molar refractivity (Wildman–Crippen MR) is 106 cm³/mol. The predicted octanol–water partition coefficient (Wildman–Crippen LogP) is 5.02. The first-order valence-electron chi connectivity index (χ1n) is 8.93. The van der Waals surface area contributed by atoms with Gasteiger partial charge in [-0.15, -0.1) is 0 Å². The SMILES string of the molecule is [C-]#[N+]Cc1cc2c3c([n+](C)ccc3c1)-c1c(c(C)c3cnccc3c1C)O2. The maximum Gasteiger partial charge on any atom is 0.239 e. The molecule has 0 spiro atoms. The van der Waals surface area contributed by atoms with Crippen molar-refractivity contribution in [3.05, 3.63) is 71.0 Å². The third kappa shape index (κ3) is 2.09. The highest BCUT2D eigenvalue weighted by Crippen LogP contribution is 2.50. The quantitative estimate of drug-likeness (QED) is 0.313. The van der Waals surface area contributed by atoms with E-state index < -0.39 is 0 Å². The molecule has 2 aromatic heterocycles. The smallest absolute Gasteiger partial charge is 0.239 e. The van der Waals surface area contributed by atoms with E-state index in [1.54, 1.807) is 0 Å². The van der Waals surface area contributed by atoms with E-state index in [2.05, 4.69) is 59.7 Å². The zero-order valence-electron chi connectivity index (χ0n) is 15.5. The summed E-state index contributed by atoms with van der Waals surface area (Å²) in [5.41, 5.74) is 5.58. The van der Waals surface area contributed by atoms with E-state index in [1.165, 1.54) is 10.9 Å². The monoisotopic (exact) mass is 352 g/mol. The van der Waals surface area contributed by atoms with Crippen LogP contribution in [-0.2, 0) is 13.6 Å². The lowest BCUT2D eigenvalue weighted by Crippen LogP contribution is -2.32. The lowest BCUT2D eigenvalue weighted by molar-refractivity contribution is -0.659. The normalized spacial score (nSPS) is 11.9. The number of fused-ring (bicyclic) bond motifs is 3. The van der Waals surface area contributed by atoms with Crippen molar-refractivity contribution in [2.75, 3.05) is 0 Å². The van der Waals surface area contributed by atoms with E-state index in [0.717, 1.165) is 50.0 Å². The van der Waals surface area contributed by atoms with E-state index in [-0.39, 0.29) is 0 Å². The second-order valence-corrected chi connectivity index (χ2v) is 7.13. The van der Waals surface area contributed by atoms with E-state index in [0.29, 0.717) is 6.54 Å². The molecule has 0 saturated heterocycles. The van der Waals surface area contributed by atoms with E-state index in [9.17, 15) is 0 Å². The lowest BCUT2D eigenvalue weighted by Gasteiger charge is -2.24. The number of benzene rings is 2. The van der Waals surface area contributed by atoms with Crippen LogP contribution in [0.5, 0.6) is 11.5 Å². The van der Waals surface area contributed by atoms with Gasteiger partial charge in [-0.3, -0.25) is 4.98 Å². The van der Waals surface area contributed by atoms with Crippen LogP contribution >= 0.6 is 0 Å². The van der Waals surface area contributed by atoms with Gasteiger partial charge in [-0.25, -0.2) is 11.1 Å². The van der Waals surface area contributed by atoms with Crippen molar-refractivity contribution in [1.82, 2.24) is 4.98 Å². The van der Waals surface area contributed by atoms with Crippen molar-refractivity contribution in [1.29, 1.82) is 0 Å². The fourth-order valence-electron chi connectivity index (χ4n) is 4.25. The molecule has 0 unspecified atom stereocenters. The molecule has 0 bridgehead atoms. The van der Waals surface area contributed by atoms with Gasteiger partial charge in [0.15, 0.2) is 6.20 Å². The zero-order chi connectivity index (χ0) is 18.7. The molecular weight excluding hydrogens is 334 g/mol. The van der Waals surface area contributed by atoms with Crippen LogP contribution in [0.2, 0.25) is 0 Å². The molecule has 0 radical (unpaired) electrons. The number of nitrogens with zero attached hydrogens (tertiary/aromatic N) is 3. The highest BCUT2D eigenvalue weighted by molar-refractivity contribution is 6.06. The minimum atomic E-state index is 0.356. The van der Waals surface area contributed by atoms with Gasteiger partial charge in [0.25, 0.3) is 0 Å². The number of rotatable bonds is 1. The largest absolute Gasteiger partial charge is 0.455 e. The Balaban J connectivity index is 1.97. The average molecular weight is 352 g/mol. The summed E-state index contributed by atoms with van der Waals surface area (Å²) >= 11 is 0. The van der Waals surface area contributed by atoms with Crippen molar-refractivity contribution in [2.45, 2.75) is 20.4 Å². The van der Waals surface area contributed by atoms with Crippen LogP contribution in [0.3, 0.4) is 0 Å². The molecule has 130 valence electrons. The standard InChI is InChI=1S/C23H18N3O/c1-13-17-5-7-25-12-18(17)14(2)23-20(13)22-21-16(6-8-26(22)4)9-15(11-24-3)10-19(21)27-23/h5-10,12H,11H2,1-2,4H3/q+1. The second-order valence-electron chi connectivity index (χ2n) is 7.13. The van der Waals surface area contributed by atoms with Crippen LogP contribution in [-0.4, -0.2) is 4.98 Å². The molecule has 4 heteroatoms. The Morgan fingerprint density at radius 2 is 2.00 bits per heavy atom. The van der Waals surface area contributed by atoms with Crippen LogP contribution in [0.1, 0.15) is 16.7 Å². The minimum Gasteiger partial charge on any atom is -0.455 e. The molecule has 0 saturated carbocycles. The average Bonchev–Trinajstić information content (AvgIpc) is 2.68. The summed E-state index contributed by atoms with van der Waals surface area (Å²) in [4.78, 5) is 7.85. The summed E-state index contributed by atoms with van der Waals surface area (Å²) in [6.07, 6.45) is 5.84. The Labute approximate surface area is 157 Å². The van der Waals surface area contributed by atoms with Gasteiger partial charge < -0.3 is 9.58 Å². The molecule has 27 heavy (non-hydrogen) atoms. The minimum absolute atomic E-state index is 0.356.